The van der Waals surface area contributed by atoms with Gasteiger partial charge in [-0.3, -0.25) is 4.72 Å². The number of thiophene rings is 1. The van der Waals surface area contributed by atoms with Crippen molar-refractivity contribution >= 4 is 32.7 Å². The van der Waals surface area contributed by atoms with Crippen LogP contribution in [0.2, 0.25) is 0 Å². The Morgan fingerprint density at radius 2 is 2.00 bits per heavy atom. The van der Waals surface area contributed by atoms with Gasteiger partial charge < -0.3 is 5.73 Å². The molecule has 0 amide bonds. The molecule has 0 radical (unpaired) electrons. The fourth-order valence-corrected chi connectivity index (χ4v) is 3.38. The number of rotatable bonds is 3. The van der Waals surface area contributed by atoms with Crippen molar-refractivity contribution in [2.75, 3.05) is 10.5 Å². The van der Waals surface area contributed by atoms with E-state index < -0.39 is 10.0 Å². The predicted octanol–water partition coefficient (Wildman–Crippen LogP) is 2.75. The molecule has 0 aliphatic heterocycles. The van der Waals surface area contributed by atoms with Crippen LogP contribution in [-0.2, 0) is 10.0 Å². The van der Waals surface area contributed by atoms with Crippen LogP contribution in [0.5, 0.6) is 0 Å². The molecule has 2 rings (SSSR count). The van der Waals surface area contributed by atoms with E-state index in [1.54, 1.807) is 17.5 Å². The molecule has 0 saturated heterocycles. The van der Waals surface area contributed by atoms with Crippen LogP contribution in [-0.4, -0.2) is 8.42 Å². The van der Waals surface area contributed by atoms with Crippen LogP contribution >= 0.6 is 11.3 Å². The molecular weight excluding hydrogens is 268 g/mol. The summed E-state index contributed by atoms with van der Waals surface area (Å²) in [5.41, 5.74) is 8.62. The molecule has 0 aliphatic carbocycles. The first kappa shape index (κ1) is 12.9. The lowest BCUT2D eigenvalue weighted by Crippen LogP contribution is -2.13. The number of nitrogens with two attached hydrogens (primary N) is 1. The summed E-state index contributed by atoms with van der Waals surface area (Å²) in [5, 5.41) is 3.55. The van der Waals surface area contributed by atoms with Crippen molar-refractivity contribution in [1.29, 1.82) is 0 Å². The lowest BCUT2D eigenvalue weighted by molar-refractivity contribution is 0.601. The fourth-order valence-electron chi connectivity index (χ4n) is 1.54. The van der Waals surface area contributed by atoms with E-state index in [0.29, 0.717) is 11.4 Å². The highest BCUT2D eigenvalue weighted by molar-refractivity contribution is 7.92. The van der Waals surface area contributed by atoms with Gasteiger partial charge in [0.15, 0.2) is 0 Å². The van der Waals surface area contributed by atoms with Crippen LogP contribution < -0.4 is 10.5 Å². The molecule has 3 N–H and O–H groups in total. The maximum Gasteiger partial charge on any atom is 0.262 e. The van der Waals surface area contributed by atoms with Crippen molar-refractivity contribution < 1.29 is 8.42 Å². The van der Waals surface area contributed by atoms with E-state index in [0.717, 1.165) is 11.1 Å². The van der Waals surface area contributed by atoms with Gasteiger partial charge in [0.05, 0.1) is 10.6 Å². The third-order valence-electron chi connectivity index (χ3n) is 2.76. The van der Waals surface area contributed by atoms with Crippen molar-refractivity contribution in [3.05, 3.63) is 40.1 Å². The summed E-state index contributed by atoms with van der Waals surface area (Å²) in [7, 11) is -3.57. The molecule has 0 unspecified atom stereocenters. The largest absolute Gasteiger partial charge is 0.398 e. The van der Waals surface area contributed by atoms with Gasteiger partial charge in [-0.05, 0) is 48.6 Å². The van der Waals surface area contributed by atoms with Gasteiger partial charge in [-0.1, -0.05) is 0 Å². The van der Waals surface area contributed by atoms with Crippen LogP contribution in [0.25, 0.3) is 0 Å². The Labute approximate surface area is 111 Å². The Morgan fingerprint density at radius 1 is 1.28 bits per heavy atom. The van der Waals surface area contributed by atoms with Gasteiger partial charge in [0.1, 0.15) is 0 Å². The first-order chi connectivity index (χ1) is 8.40. The van der Waals surface area contributed by atoms with Crippen LogP contribution in [0, 0.1) is 13.8 Å². The lowest BCUT2D eigenvalue weighted by atomic mass is 10.1. The van der Waals surface area contributed by atoms with Crippen molar-refractivity contribution in [3.63, 3.8) is 0 Å². The van der Waals surface area contributed by atoms with E-state index in [9.17, 15) is 8.42 Å². The molecule has 0 bridgehead atoms. The quantitative estimate of drug-likeness (QED) is 0.850. The smallest absolute Gasteiger partial charge is 0.262 e. The van der Waals surface area contributed by atoms with Gasteiger partial charge in [-0.15, -0.1) is 0 Å². The number of hydrogen-bond acceptors (Lipinski definition) is 4. The Kier molecular flexibility index (Phi) is 3.32. The first-order valence-corrected chi connectivity index (χ1v) is 7.74. The third kappa shape index (κ3) is 2.49. The highest BCUT2D eigenvalue weighted by Gasteiger charge is 2.16. The van der Waals surface area contributed by atoms with Gasteiger partial charge in [-0.2, -0.15) is 11.3 Å². The normalized spacial score (nSPS) is 11.4. The third-order valence-corrected chi connectivity index (χ3v) is 4.81. The Morgan fingerprint density at radius 3 is 2.56 bits per heavy atom. The molecule has 4 nitrogen and oxygen atoms in total. The summed E-state index contributed by atoms with van der Waals surface area (Å²) in [6, 6.07) is 4.82. The summed E-state index contributed by atoms with van der Waals surface area (Å²) in [5.74, 6) is 0. The molecule has 0 saturated carbocycles. The Balaban J connectivity index is 2.42. The minimum absolute atomic E-state index is 0.189. The molecule has 96 valence electrons. The minimum Gasteiger partial charge on any atom is -0.398 e. The molecule has 0 aliphatic rings. The zero-order valence-corrected chi connectivity index (χ0v) is 11.7. The topological polar surface area (TPSA) is 72.2 Å². The molecule has 0 spiro atoms. The molecule has 1 aromatic heterocycles. The molecule has 18 heavy (non-hydrogen) atoms. The SMILES string of the molecule is Cc1cc(S(=O)(=O)Nc2ccsc2)cc(N)c1C. The predicted molar refractivity (Wildman–Crippen MR) is 75.5 cm³/mol. The highest BCUT2D eigenvalue weighted by Crippen LogP contribution is 2.24. The zero-order valence-electron chi connectivity index (χ0n) is 10.1. The maximum absolute atomic E-state index is 12.2. The monoisotopic (exact) mass is 282 g/mol. The maximum atomic E-state index is 12.2. The van der Waals surface area contributed by atoms with Gasteiger partial charge in [0, 0.05) is 11.1 Å². The molecule has 1 heterocycles. The molecule has 1 aromatic carbocycles. The number of nitrogen functional groups attached to an aromatic ring is 1. The van der Waals surface area contributed by atoms with Crippen molar-refractivity contribution in [2.24, 2.45) is 0 Å². The van der Waals surface area contributed by atoms with Gasteiger partial charge in [0.2, 0.25) is 0 Å². The molecule has 6 heteroatoms. The van der Waals surface area contributed by atoms with E-state index in [2.05, 4.69) is 4.72 Å². The van der Waals surface area contributed by atoms with Crippen LogP contribution in [0.1, 0.15) is 11.1 Å². The van der Waals surface area contributed by atoms with E-state index >= 15 is 0 Å². The summed E-state index contributed by atoms with van der Waals surface area (Å²) in [6.07, 6.45) is 0. The summed E-state index contributed by atoms with van der Waals surface area (Å²) in [6.45, 7) is 3.71. The molecule has 0 atom stereocenters. The van der Waals surface area contributed by atoms with E-state index in [1.807, 2.05) is 19.2 Å². The molecule has 2 aromatic rings. The fraction of sp³-hybridized carbons (Fsp3) is 0.167. The molecule has 0 fully saturated rings. The summed E-state index contributed by atoms with van der Waals surface area (Å²) in [4.78, 5) is 0.189. The highest BCUT2D eigenvalue weighted by atomic mass is 32.2. The zero-order chi connectivity index (χ0) is 13.3. The second-order valence-corrected chi connectivity index (χ2v) is 6.53. The average Bonchev–Trinajstić information content (AvgIpc) is 2.77. The second kappa shape index (κ2) is 4.62. The Hall–Kier alpha value is -1.53. The molecular formula is C12H14N2O2S2. The number of hydrogen-bond donors (Lipinski definition) is 2. The van der Waals surface area contributed by atoms with Crippen LogP contribution in [0.4, 0.5) is 11.4 Å². The number of anilines is 2. The van der Waals surface area contributed by atoms with Crippen molar-refractivity contribution in [2.45, 2.75) is 18.7 Å². The van der Waals surface area contributed by atoms with Crippen LogP contribution in [0.3, 0.4) is 0 Å². The summed E-state index contributed by atoms with van der Waals surface area (Å²) < 4.78 is 26.8. The van der Waals surface area contributed by atoms with Gasteiger partial charge in [-0.25, -0.2) is 8.42 Å². The lowest BCUT2D eigenvalue weighted by Gasteiger charge is -2.10. The van der Waals surface area contributed by atoms with Gasteiger partial charge >= 0.3 is 0 Å². The van der Waals surface area contributed by atoms with Crippen molar-refractivity contribution in [1.82, 2.24) is 0 Å². The van der Waals surface area contributed by atoms with E-state index in [1.165, 1.54) is 17.4 Å². The average molecular weight is 282 g/mol. The van der Waals surface area contributed by atoms with Gasteiger partial charge in [0.25, 0.3) is 10.0 Å². The second-order valence-electron chi connectivity index (χ2n) is 4.07. The van der Waals surface area contributed by atoms with E-state index in [4.69, 9.17) is 5.73 Å². The Bertz CT molecular complexity index is 638. The van der Waals surface area contributed by atoms with Crippen LogP contribution in [0.15, 0.2) is 33.9 Å². The number of nitrogens with one attached hydrogen (secondary N) is 1. The number of aryl methyl sites for hydroxylation is 1. The number of sulfonamides is 1. The minimum atomic E-state index is -3.57. The first-order valence-electron chi connectivity index (χ1n) is 5.32. The van der Waals surface area contributed by atoms with E-state index in [-0.39, 0.29) is 4.90 Å². The van der Waals surface area contributed by atoms with Crippen molar-refractivity contribution in [3.8, 4) is 0 Å². The number of benzene rings is 1. The standard InChI is InChI=1S/C12H14N2O2S2/c1-8-5-11(6-12(13)9(8)2)18(15,16)14-10-3-4-17-7-10/h3-7,14H,13H2,1-2H3. The summed E-state index contributed by atoms with van der Waals surface area (Å²) >= 11 is 1.43.